The molecule has 0 bridgehead atoms. The average molecular weight is 266 g/mol. The van der Waals surface area contributed by atoms with E-state index < -0.39 is 0 Å². The molecule has 0 aromatic carbocycles. The fourth-order valence-electron chi connectivity index (χ4n) is 1.87. The maximum absolute atomic E-state index is 5.37. The van der Waals surface area contributed by atoms with Crippen molar-refractivity contribution in [3.8, 4) is 5.75 Å². The topological polar surface area (TPSA) is 59.1 Å². The van der Waals surface area contributed by atoms with Crippen LogP contribution in [-0.4, -0.2) is 30.2 Å². The summed E-state index contributed by atoms with van der Waals surface area (Å²) in [5.74, 6) is 2.96. The van der Waals surface area contributed by atoms with Crippen LogP contribution in [0.1, 0.15) is 40.0 Å². The molecular formula is C14H26N4O. The number of unbranched alkanes of at least 4 members (excludes halogenated alkanes) is 1. The summed E-state index contributed by atoms with van der Waals surface area (Å²) < 4.78 is 5.37. The van der Waals surface area contributed by atoms with Crippen LogP contribution in [0, 0.1) is 5.92 Å². The van der Waals surface area contributed by atoms with E-state index in [9.17, 15) is 0 Å². The van der Waals surface area contributed by atoms with Crippen molar-refractivity contribution in [1.82, 2.24) is 9.97 Å². The Kier molecular flexibility index (Phi) is 7.00. The molecule has 5 heteroatoms. The van der Waals surface area contributed by atoms with Gasteiger partial charge in [-0.2, -0.15) is 0 Å². The number of methoxy groups -OCH3 is 1. The Morgan fingerprint density at radius 2 is 1.84 bits per heavy atom. The highest BCUT2D eigenvalue weighted by Gasteiger charge is 2.10. The van der Waals surface area contributed by atoms with Crippen LogP contribution in [0.4, 0.5) is 11.6 Å². The zero-order valence-electron chi connectivity index (χ0n) is 12.5. The van der Waals surface area contributed by atoms with Gasteiger partial charge in [-0.25, -0.2) is 9.97 Å². The molecule has 0 aliphatic carbocycles. The largest absolute Gasteiger partial charge is 0.490 e. The van der Waals surface area contributed by atoms with Crippen molar-refractivity contribution in [2.75, 3.05) is 30.8 Å². The van der Waals surface area contributed by atoms with Crippen molar-refractivity contribution in [3.05, 3.63) is 6.33 Å². The van der Waals surface area contributed by atoms with Crippen molar-refractivity contribution in [2.45, 2.75) is 40.0 Å². The number of hydrogen-bond acceptors (Lipinski definition) is 5. The molecule has 0 aliphatic rings. The first-order chi connectivity index (χ1) is 9.19. The van der Waals surface area contributed by atoms with Gasteiger partial charge in [-0.1, -0.05) is 26.7 Å². The quantitative estimate of drug-likeness (QED) is 0.672. The third-order valence-electron chi connectivity index (χ3n) is 2.85. The second-order valence-corrected chi connectivity index (χ2v) is 4.95. The fourth-order valence-corrected chi connectivity index (χ4v) is 1.87. The van der Waals surface area contributed by atoms with Crippen LogP contribution < -0.4 is 15.4 Å². The molecule has 2 N–H and O–H groups in total. The molecule has 0 spiro atoms. The number of aromatic nitrogens is 2. The van der Waals surface area contributed by atoms with Crippen LogP contribution in [0.3, 0.4) is 0 Å². The van der Waals surface area contributed by atoms with Crippen molar-refractivity contribution >= 4 is 11.6 Å². The van der Waals surface area contributed by atoms with Gasteiger partial charge in [0.1, 0.15) is 6.33 Å². The van der Waals surface area contributed by atoms with E-state index in [0.29, 0.717) is 5.75 Å². The highest BCUT2D eigenvalue weighted by Crippen LogP contribution is 2.28. The Hall–Kier alpha value is -1.52. The smallest absolute Gasteiger partial charge is 0.204 e. The van der Waals surface area contributed by atoms with E-state index in [1.807, 2.05) is 6.92 Å². The van der Waals surface area contributed by atoms with E-state index in [-0.39, 0.29) is 0 Å². The van der Waals surface area contributed by atoms with Crippen LogP contribution in [0.15, 0.2) is 6.33 Å². The summed E-state index contributed by atoms with van der Waals surface area (Å²) in [6.07, 6.45) is 5.20. The lowest BCUT2D eigenvalue weighted by Gasteiger charge is -2.13. The SMILES string of the molecule is CCNc1ncnc(NCCCCC(C)C)c1OC. The predicted octanol–water partition coefficient (Wildman–Crippen LogP) is 3.16. The van der Waals surface area contributed by atoms with E-state index in [1.165, 1.54) is 12.8 Å². The van der Waals surface area contributed by atoms with Crippen molar-refractivity contribution in [2.24, 2.45) is 5.92 Å². The molecule has 0 aliphatic heterocycles. The summed E-state index contributed by atoms with van der Waals surface area (Å²) in [6.45, 7) is 8.25. The van der Waals surface area contributed by atoms with E-state index in [2.05, 4.69) is 34.4 Å². The van der Waals surface area contributed by atoms with Crippen LogP contribution in [0.2, 0.25) is 0 Å². The van der Waals surface area contributed by atoms with E-state index >= 15 is 0 Å². The van der Waals surface area contributed by atoms with Gasteiger partial charge in [-0.3, -0.25) is 0 Å². The third kappa shape index (κ3) is 5.32. The molecule has 0 amide bonds. The second-order valence-electron chi connectivity index (χ2n) is 4.95. The van der Waals surface area contributed by atoms with Gasteiger partial charge in [-0.05, 0) is 19.3 Å². The number of hydrogen-bond donors (Lipinski definition) is 2. The molecule has 5 nitrogen and oxygen atoms in total. The summed E-state index contributed by atoms with van der Waals surface area (Å²) in [5.41, 5.74) is 0. The highest BCUT2D eigenvalue weighted by atomic mass is 16.5. The normalized spacial score (nSPS) is 10.6. The average Bonchev–Trinajstić information content (AvgIpc) is 2.38. The van der Waals surface area contributed by atoms with Crippen LogP contribution in [0.25, 0.3) is 0 Å². The maximum Gasteiger partial charge on any atom is 0.204 e. The zero-order chi connectivity index (χ0) is 14.1. The fraction of sp³-hybridized carbons (Fsp3) is 0.714. The van der Waals surface area contributed by atoms with Crippen LogP contribution in [0.5, 0.6) is 5.75 Å². The number of nitrogens with zero attached hydrogens (tertiary/aromatic N) is 2. The van der Waals surface area contributed by atoms with Crippen molar-refractivity contribution < 1.29 is 4.74 Å². The van der Waals surface area contributed by atoms with Crippen LogP contribution >= 0.6 is 0 Å². The Bertz CT molecular complexity index is 368. The van der Waals surface area contributed by atoms with Gasteiger partial charge in [0.2, 0.25) is 5.75 Å². The highest BCUT2D eigenvalue weighted by molar-refractivity contribution is 5.63. The molecule has 0 fully saturated rings. The van der Waals surface area contributed by atoms with E-state index in [1.54, 1.807) is 13.4 Å². The molecule has 0 radical (unpaired) electrons. The lowest BCUT2D eigenvalue weighted by Crippen LogP contribution is -2.09. The standard InChI is InChI=1S/C14H26N4O/c1-5-15-13-12(19-4)14(18-10-17-13)16-9-7-6-8-11(2)3/h10-11H,5-9H2,1-4H3,(H2,15,16,17,18). The van der Waals surface area contributed by atoms with Gasteiger partial charge in [-0.15, -0.1) is 0 Å². The summed E-state index contributed by atoms with van der Waals surface area (Å²) in [4.78, 5) is 8.42. The predicted molar refractivity (Wildman–Crippen MR) is 79.9 cm³/mol. The lowest BCUT2D eigenvalue weighted by molar-refractivity contribution is 0.414. The molecule has 1 aromatic rings. The molecule has 1 aromatic heterocycles. The number of nitrogens with one attached hydrogen (secondary N) is 2. The molecule has 1 rings (SSSR count). The molecular weight excluding hydrogens is 240 g/mol. The van der Waals surface area contributed by atoms with Gasteiger partial charge < -0.3 is 15.4 Å². The maximum atomic E-state index is 5.37. The minimum Gasteiger partial charge on any atom is -0.490 e. The molecule has 19 heavy (non-hydrogen) atoms. The molecule has 0 unspecified atom stereocenters. The summed E-state index contributed by atoms with van der Waals surface area (Å²) in [7, 11) is 1.64. The van der Waals surface area contributed by atoms with Gasteiger partial charge in [0.15, 0.2) is 11.6 Å². The molecule has 1 heterocycles. The lowest BCUT2D eigenvalue weighted by atomic mass is 10.1. The minimum atomic E-state index is 0.688. The van der Waals surface area contributed by atoms with Crippen LogP contribution in [-0.2, 0) is 0 Å². The Morgan fingerprint density at radius 1 is 1.16 bits per heavy atom. The third-order valence-corrected chi connectivity index (χ3v) is 2.85. The van der Waals surface area contributed by atoms with E-state index in [4.69, 9.17) is 4.74 Å². The second kappa shape index (κ2) is 8.56. The van der Waals surface area contributed by atoms with E-state index in [0.717, 1.165) is 37.1 Å². The Labute approximate surface area is 116 Å². The first-order valence-corrected chi connectivity index (χ1v) is 7.05. The monoisotopic (exact) mass is 266 g/mol. The van der Waals surface area contributed by atoms with Gasteiger partial charge in [0.25, 0.3) is 0 Å². The first kappa shape index (κ1) is 15.5. The first-order valence-electron chi connectivity index (χ1n) is 7.05. The number of ether oxygens (including phenoxy) is 1. The summed E-state index contributed by atoms with van der Waals surface area (Å²) in [6, 6.07) is 0. The zero-order valence-corrected chi connectivity index (χ0v) is 12.5. The molecule has 0 atom stereocenters. The Morgan fingerprint density at radius 3 is 2.42 bits per heavy atom. The van der Waals surface area contributed by atoms with Gasteiger partial charge >= 0.3 is 0 Å². The summed E-state index contributed by atoms with van der Waals surface area (Å²) in [5, 5.41) is 6.49. The molecule has 0 saturated heterocycles. The molecule has 0 saturated carbocycles. The summed E-state index contributed by atoms with van der Waals surface area (Å²) >= 11 is 0. The molecule has 108 valence electrons. The van der Waals surface area contributed by atoms with Gasteiger partial charge in [0, 0.05) is 13.1 Å². The van der Waals surface area contributed by atoms with Gasteiger partial charge in [0.05, 0.1) is 7.11 Å². The number of rotatable bonds is 9. The minimum absolute atomic E-state index is 0.688. The van der Waals surface area contributed by atoms with Crippen molar-refractivity contribution in [3.63, 3.8) is 0 Å². The van der Waals surface area contributed by atoms with Crippen molar-refractivity contribution in [1.29, 1.82) is 0 Å². The number of anilines is 2. The Balaban J connectivity index is 2.50.